The van der Waals surface area contributed by atoms with Gasteiger partial charge < -0.3 is 9.67 Å². The summed E-state index contributed by atoms with van der Waals surface area (Å²) in [6.07, 6.45) is 7.57. The van der Waals surface area contributed by atoms with Crippen molar-refractivity contribution in [2.24, 2.45) is 0 Å². The molecule has 2 N–H and O–H groups in total. The summed E-state index contributed by atoms with van der Waals surface area (Å²) in [5, 5.41) is 8.57. The van der Waals surface area contributed by atoms with E-state index >= 15 is 0 Å². The molecule has 1 heterocycles. The smallest absolute Gasteiger partial charge is 0.303 e. The van der Waals surface area contributed by atoms with E-state index in [9.17, 15) is 4.79 Å². The molecule has 110 valence electrons. The monoisotopic (exact) mass is 287 g/mol. The highest BCUT2D eigenvalue weighted by Crippen LogP contribution is 2.12. The van der Waals surface area contributed by atoms with Gasteiger partial charge in [0.15, 0.2) is 0 Å². The number of hydroxylamine groups is 1. The van der Waals surface area contributed by atoms with Crippen LogP contribution in [0.2, 0.25) is 0 Å². The van der Waals surface area contributed by atoms with Crippen molar-refractivity contribution in [1.82, 2.24) is 15.0 Å². The molecule has 0 atom stereocenters. The van der Waals surface area contributed by atoms with Gasteiger partial charge in [0.2, 0.25) is 0 Å². The van der Waals surface area contributed by atoms with Crippen molar-refractivity contribution in [3.63, 3.8) is 0 Å². The Kier molecular flexibility index (Phi) is 5.54. The highest BCUT2D eigenvalue weighted by molar-refractivity contribution is 5.73. The van der Waals surface area contributed by atoms with Gasteiger partial charge in [-0.25, -0.2) is 4.98 Å². The first-order valence-corrected chi connectivity index (χ1v) is 6.60. The maximum absolute atomic E-state index is 10.4. The Balaban J connectivity index is 1.98. The molecule has 0 bridgehead atoms. The first kappa shape index (κ1) is 14.8. The summed E-state index contributed by atoms with van der Waals surface area (Å²) in [6.45, 7) is 0.320. The number of aromatic nitrogens is 2. The van der Waals surface area contributed by atoms with Gasteiger partial charge in [0, 0.05) is 30.6 Å². The van der Waals surface area contributed by atoms with Gasteiger partial charge in [-0.2, -0.15) is 0 Å². The first-order valence-electron chi connectivity index (χ1n) is 6.60. The van der Waals surface area contributed by atoms with E-state index in [1.165, 1.54) is 0 Å². The molecule has 0 amide bonds. The molecule has 1 aromatic carbocycles. The van der Waals surface area contributed by atoms with E-state index in [0.717, 1.165) is 11.3 Å². The van der Waals surface area contributed by atoms with Crippen LogP contribution in [0.5, 0.6) is 0 Å². The normalized spacial score (nSPS) is 11.3. The summed E-state index contributed by atoms with van der Waals surface area (Å²) in [7, 11) is 0. The fourth-order valence-corrected chi connectivity index (χ4v) is 1.70. The van der Waals surface area contributed by atoms with Gasteiger partial charge >= 0.3 is 5.97 Å². The van der Waals surface area contributed by atoms with Crippen LogP contribution in [0.25, 0.3) is 11.9 Å². The van der Waals surface area contributed by atoms with Crippen molar-refractivity contribution in [2.45, 2.75) is 12.8 Å². The number of carbonyl (C=O) groups is 1. The minimum absolute atomic E-state index is 0.0909. The number of hydrogen-bond donors (Lipinski definition) is 2. The molecule has 21 heavy (non-hydrogen) atoms. The van der Waals surface area contributed by atoms with Crippen molar-refractivity contribution in [3.05, 3.63) is 54.6 Å². The van der Waals surface area contributed by atoms with Crippen LogP contribution in [-0.4, -0.2) is 27.2 Å². The van der Waals surface area contributed by atoms with Gasteiger partial charge in [-0.15, -0.1) is 0 Å². The van der Waals surface area contributed by atoms with Gasteiger partial charge in [0.05, 0.1) is 18.6 Å². The number of nitrogens with zero attached hydrogens (tertiary/aromatic N) is 2. The van der Waals surface area contributed by atoms with E-state index < -0.39 is 5.97 Å². The Hall–Kier alpha value is -2.60. The molecule has 0 fully saturated rings. The SMILES string of the molecule is O=C(O)CCCONC(=Cn1ccnc1)c1ccccc1. The molecule has 0 unspecified atom stereocenters. The van der Waals surface area contributed by atoms with Gasteiger partial charge in [-0.1, -0.05) is 30.3 Å². The number of benzene rings is 1. The third-order valence-corrected chi connectivity index (χ3v) is 2.71. The largest absolute Gasteiger partial charge is 0.481 e. The Morgan fingerprint density at radius 2 is 2.19 bits per heavy atom. The zero-order valence-corrected chi connectivity index (χ0v) is 11.5. The van der Waals surface area contributed by atoms with Crippen LogP contribution in [-0.2, 0) is 9.63 Å². The minimum atomic E-state index is -0.823. The van der Waals surface area contributed by atoms with E-state index in [1.807, 2.05) is 42.7 Å². The predicted octanol–water partition coefficient (Wildman–Crippen LogP) is 2.22. The number of carboxylic acid groups (broad SMARTS) is 1. The number of rotatable bonds is 8. The average molecular weight is 287 g/mol. The standard InChI is InChI=1S/C15H17N3O3/c19-15(20)7-4-10-21-17-14(11-18-9-8-16-12-18)13-5-2-1-3-6-13/h1-3,5-6,8-9,11-12,17H,4,7,10H2,(H,19,20). The van der Waals surface area contributed by atoms with E-state index in [0.29, 0.717) is 13.0 Å². The van der Waals surface area contributed by atoms with Crippen molar-refractivity contribution in [2.75, 3.05) is 6.61 Å². The van der Waals surface area contributed by atoms with Crippen LogP contribution < -0.4 is 5.48 Å². The van der Waals surface area contributed by atoms with E-state index in [4.69, 9.17) is 9.94 Å². The van der Waals surface area contributed by atoms with Crippen molar-refractivity contribution < 1.29 is 14.7 Å². The molecule has 6 heteroatoms. The lowest BCUT2D eigenvalue weighted by molar-refractivity contribution is -0.137. The molecule has 2 rings (SSSR count). The molecule has 0 aliphatic rings. The molecule has 0 saturated carbocycles. The van der Waals surface area contributed by atoms with Crippen LogP contribution in [0.15, 0.2) is 49.1 Å². The van der Waals surface area contributed by atoms with Crippen molar-refractivity contribution in [1.29, 1.82) is 0 Å². The lowest BCUT2D eigenvalue weighted by atomic mass is 10.2. The Bertz CT molecular complexity index is 579. The number of imidazole rings is 1. The van der Waals surface area contributed by atoms with Gasteiger partial charge in [0.25, 0.3) is 0 Å². The number of hydrogen-bond acceptors (Lipinski definition) is 4. The first-order chi connectivity index (χ1) is 10.3. The van der Waals surface area contributed by atoms with E-state index in [-0.39, 0.29) is 6.42 Å². The Labute approximate surface area is 122 Å². The van der Waals surface area contributed by atoms with Gasteiger partial charge in [-0.3, -0.25) is 15.1 Å². The summed E-state index contributed by atoms with van der Waals surface area (Å²) in [5.74, 6) is -0.823. The molecule has 2 aromatic rings. The van der Waals surface area contributed by atoms with Crippen LogP contribution in [0.1, 0.15) is 18.4 Å². The Morgan fingerprint density at radius 3 is 2.86 bits per heavy atom. The quantitative estimate of drug-likeness (QED) is 0.575. The highest BCUT2D eigenvalue weighted by atomic mass is 16.6. The fourth-order valence-electron chi connectivity index (χ4n) is 1.70. The number of carboxylic acids is 1. The Morgan fingerprint density at radius 1 is 1.38 bits per heavy atom. The second-order valence-electron chi connectivity index (χ2n) is 4.37. The third kappa shape index (κ3) is 5.12. The lowest BCUT2D eigenvalue weighted by Crippen LogP contribution is -2.15. The molecular formula is C15H17N3O3. The topological polar surface area (TPSA) is 76.4 Å². The van der Waals surface area contributed by atoms with E-state index in [2.05, 4.69) is 10.5 Å². The van der Waals surface area contributed by atoms with Crippen molar-refractivity contribution in [3.8, 4) is 0 Å². The fraction of sp³-hybridized carbons (Fsp3) is 0.200. The molecule has 0 aliphatic carbocycles. The lowest BCUT2D eigenvalue weighted by Gasteiger charge is -2.11. The number of nitrogens with one attached hydrogen (secondary N) is 1. The molecule has 0 saturated heterocycles. The maximum atomic E-state index is 10.4. The highest BCUT2D eigenvalue weighted by Gasteiger charge is 2.02. The van der Waals surface area contributed by atoms with E-state index in [1.54, 1.807) is 17.1 Å². The zero-order chi connectivity index (χ0) is 14.9. The average Bonchev–Trinajstić information content (AvgIpc) is 2.99. The van der Waals surface area contributed by atoms with Gasteiger partial charge in [-0.05, 0) is 6.42 Å². The van der Waals surface area contributed by atoms with Crippen LogP contribution in [0.4, 0.5) is 0 Å². The van der Waals surface area contributed by atoms with Crippen LogP contribution in [0.3, 0.4) is 0 Å². The molecule has 6 nitrogen and oxygen atoms in total. The van der Waals surface area contributed by atoms with Gasteiger partial charge in [0.1, 0.15) is 0 Å². The zero-order valence-electron chi connectivity index (χ0n) is 11.5. The maximum Gasteiger partial charge on any atom is 0.303 e. The summed E-state index contributed by atoms with van der Waals surface area (Å²) in [5.41, 5.74) is 4.60. The molecule has 0 aliphatic heterocycles. The summed E-state index contributed by atoms with van der Waals surface area (Å²) < 4.78 is 1.80. The van der Waals surface area contributed by atoms with Crippen LogP contribution >= 0.6 is 0 Å². The van der Waals surface area contributed by atoms with Crippen molar-refractivity contribution >= 4 is 17.9 Å². The minimum Gasteiger partial charge on any atom is -0.481 e. The molecule has 0 spiro atoms. The summed E-state index contributed by atoms with van der Waals surface area (Å²) in [4.78, 5) is 19.7. The predicted molar refractivity (Wildman–Crippen MR) is 78.8 cm³/mol. The summed E-state index contributed by atoms with van der Waals surface area (Å²) in [6, 6.07) is 9.71. The summed E-state index contributed by atoms with van der Waals surface area (Å²) >= 11 is 0. The molecule has 0 radical (unpaired) electrons. The second kappa shape index (κ2) is 7.86. The third-order valence-electron chi connectivity index (χ3n) is 2.71. The number of aliphatic carboxylic acids is 1. The molecular weight excluding hydrogens is 270 g/mol. The second-order valence-corrected chi connectivity index (χ2v) is 4.37. The van der Waals surface area contributed by atoms with Crippen LogP contribution in [0, 0.1) is 0 Å². The molecule has 1 aromatic heterocycles.